The second-order valence-electron chi connectivity index (χ2n) is 6.23. The number of halogens is 1. The van der Waals surface area contributed by atoms with Crippen LogP contribution >= 0.6 is 0 Å². The van der Waals surface area contributed by atoms with Crippen molar-refractivity contribution in [3.63, 3.8) is 0 Å². The number of carbonyl (C=O) groups is 2. The van der Waals surface area contributed by atoms with Gasteiger partial charge in [-0.15, -0.1) is 0 Å². The fourth-order valence-corrected chi connectivity index (χ4v) is 3.10. The number of para-hydroxylation sites is 2. The summed E-state index contributed by atoms with van der Waals surface area (Å²) in [5, 5.41) is 2.64. The maximum Gasteiger partial charge on any atom is 0.312 e. The van der Waals surface area contributed by atoms with Gasteiger partial charge in [-0.05, 0) is 18.2 Å². The minimum atomic E-state index is -0.653. The zero-order valence-electron chi connectivity index (χ0n) is 15.2. The minimum Gasteiger partial charge on any atom is -0.496 e. The zero-order valence-corrected chi connectivity index (χ0v) is 15.2. The summed E-state index contributed by atoms with van der Waals surface area (Å²) in [6, 6.07) is 13.9. The Labute approximate surface area is 157 Å². The first-order valence-electron chi connectivity index (χ1n) is 8.78. The standard InChI is InChI=1S/C20H22FN3O3/c1-27-18-9-5-2-6-15(18)14-22-19(25)20(26)24-12-10-23(11-13-24)17-8-4-3-7-16(17)21/h2-9H,10-14H2,1H3,(H,22,25). The number of hydrogen-bond acceptors (Lipinski definition) is 4. The van der Waals surface area contributed by atoms with Crippen LogP contribution in [0.1, 0.15) is 5.56 Å². The lowest BCUT2D eigenvalue weighted by molar-refractivity contribution is -0.146. The molecule has 1 heterocycles. The Bertz CT molecular complexity index is 820. The topological polar surface area (TPSA) is 61.9 Å². The second-order valence-corrected chi connectivity index (χ2v) is 6.23. The molecule has 1 N–H and O–H groups in total. The van der Waals surface area contributed by atoms with E-state index in [1.54, 1.807) is 31.4 Å². The van der Waals surface area contributed by atoms with E-state index in [0.29, 0.717) is 37.6 Å². The minimum absolute atomic E-state index is 0.212. The molecule has 2 amide bonds. The lowest BCUT2D eigenvalue weighted by Gasteiger charge is -2.35. The van der Waals surface area contributed by atoms with E-state index in [2.05, 4.69) is 5.32 Å². The molecule has 0 radical (unpaired) electrons. The lowest BCUT2D eigenvalue weighted by atomic mass is 10.2. The number of nitrogens with one attached hydrogen (secondary N) is 1. The summed E-state index contributed by atoms with van der Waals surface area (Å²) in [5.41, 5.74) is 1.32. The van der Waals surface area contributed by atoms with Crippen molar-refractivity contribution < 1.29 is 18.7 Å². The van der Waals surface area contributed by atoms with E-state index >= 15 is 0 Å². The van der Waals surface area contributed by atoms with Crippen molar-refractivity contribution in [2.45, 2.75) is 6.54 Å². The molecule has 0 aromatic heterocycles. The lowest BCUT2D eigenvalue weighted by Crippen LogP contribution is -2.52. The molecule has 27 heavy (non-hydrogen) atoms. The summed E-state index contributed by atoms with van der Waals surface area (Å²) in [5.74, 6) is -0.853. The average molecular weight is 371 g/mol. The van der Waals surface area contributed by atoms with Crippen LogP contribution in [-0.2, 0) is 16.1 Å². The van der Waals surface area contributed by atoms with Gasteiger partial charge in [0.2, 0.25) is 0 Å². The van der Waals surface area contributed by atoms with Crippen LogP contribution < -0.4 is 15.0 Å². The van der Waals surface area contributed by atoms with Gasteiger partial charge in [-0.1, -0.05) is 30.3 Å². The number of ether oxygens (including phenoxy) is 1. The van der Waals surface area contributed by atoms with E-state index in [4.69, 9.17) is 4.74 Å². The highest BCUT2D eigenvalue weighted by Crippen LogP contribution is 2.20. The first-order valence-corrected chi connectivity index (χ1v) is 8.78. The Kier molecular flexibility index (Phi) is 5.90. The van der Waals surface area contributed by atoms with Crippen LogP contribution in [0, 0.1) is 5.82 Å². The molecule has 1 fully saturated rings. The number of anilines is 1. The molecule has 3 rings (SSSR count). The summed E-state index contributed by atoms with van der Waals surface area (Å²) >= 11 is 0. The van der Waals surface area contributed by atoms with Crippen molar-refractivity contribution in [2.24, 2.45) is 0 Å². The molecule has 0 unspecified atom stereocenters. The van der Waals surface area contributed by atoms with Crippen LogP contribution in [0.15, 0.2) is 48.5 Å². The van der Waals surface area contributed by atoms with Gasteiger partial charge < -0.3 is 19.9 Å². The summed E-state index contributed by atoms with van der Waals surface area (Å²) in [6.45, 7) is 1.91. The van der Waals surface area contributed by atoms with Gasteiger partial charge in [0.15, 0.2) is 0 Å². The number of piperazine rings is 1. The molecular weight excluding hydrogens is 349 g/mol. The van der Waals surface area contributed by atoms with Crippen LogP contribution in [-0.4, -0.2) is 50.0 Å². The molecule has 142 valence electrons. The SMILES string of the molecule is COc1ccccc1CNC(=O)C(=O)N1CCN(c2ccccc2F)CC1. The Morgan fingerprint density at radius 3 is 2.41 bits per heavy atom. The Balaban J connectivity index is 1.53. The highest BCUT2D eigenvalue weighted by Gasteiger charge is 2.26. The molecule has 0 aliphatic carbocycles. The Morgan fingerprint density at radius 2 is 1.70 bits per heavy atom. The first kappa shape index (κ1) is 18.7. The largest absolute Gasteiger partial charge is 0.496 e. The number of methoxy groups -OCH3 is 1. The fraction of sp³-hybridized carbons (Fsp3) is 0.300. The van der Waals surface area contributed by atoms with Crippen LogP contribution in [0.25, 0.3) is 0 Å². The predicted octanol–water partition coefficient (Wildman–Crippen LogP) is 1.80. The van der Waals surface area contributed by atoms with Gasteiger partial charge in [0.25, 0.3) is 0 Å². The molecular formula is C20H22FN3O3. The molecule has 1 saturated heterocycles. The van der Waals surface area contributed by atoms with E-state index in [-0.39, 0.29) is 12.4 Å². The molecule has 0 spiro atoms. The molecule has 0 bridgehead atoms. The van der Waals surface area contributed by atoms with E-state index in [9.17, 15) is 14.0 Å². The normalized spacial score (nSPS) is 14.0. The molecule has 0 atom stereocenters. The van der Waals surface area contributed by atoms with Gasteiger partial charge in [0, 0.05) is 38.3 Å². The second kappa shape index (κ2) is 8.53. The van der Waals surface area contributed by atoms with Crippen molar-refractivity contribution in [3.05, 3.63) is 59.9 Å². The van der Waals surface area contributed by atoms with Gasteiger partial charge >= 0.3 is 11.8 Å². The van der Waals surface area contributed by atoms with Crippen molar-refractivity contribution >= 4 is 17.5 Å². The van der Waals surface area contributed by atoms with Crippen LogP contribution in [0.4, 0.5) is 10.1 Å². The molecule has 2 aromatic rings. The van der Waals surface area contributed by atoms with Crippen molar-refractivity contribution in [3.8, 4) is 5.75 Å². The van der Waals surface area contributed by atoms with Gasteiger partial charge in [-0.3, -0.25) is 9.59 Å². The molecule has 6 nitrogen and oxygen atoms in total. The monoisotopic (exact) mass is 371 g/mol. The van der Waals surface area contributed by atoms with E-state index < -0.39 is 11.8 Å². The fourth-order valence-electron chi connectivity index (χ4n) is 3.10. The van der Waals surface area contributed by atoms with Crippen molar-refractivity contribution in [2.75, 3.05) is 38.2 Å². The van der Waals surface area contributed by atoms with E-state index in [0.717, 1.165) is 5.56 Å². The van der Waals surface area contributed by atoms with Gasteiger partial charge in [0.05, 0.1) is 12.8 Å². The number of benzene rings is 2. The van der Waals surface area contributed by atoms with Crippen LogP contribution in [0.3, 0.4) is 0 Å². The quantitative estimate of drug-likeness (QED) is 0.833. The molecule has 1 aliphatic rings. The molecule has 2 aromatic carbocycles. The number of hydrogen-bond donors (Lipinski definition) is 1. The first-order chi connectivity index (χ1) is 13.1. The van der Waals surface area contributed by atoms with Gasteiger partial charge in [0.1, 0.15) is 11.6 Å². The number of nitrogens with zero attached hydrogens (tertiary/aromatic N) is 2. The maximum atomic E-state index is 13.9. The van der Waals surface area contributed by atoms with Gasteiger partial charge in [-0.25, -0.2) is 4.39 Å². The predicted molar refractivity (Wildman–Crippen MR) is 100 cm³/mol. The Hall–Kier alpha value is -3.09. The summed E-state index contributed by atoms with van der Waals surface area (Å²) < 4.78 is 19.1. The van der Waals surface area contributed by atoms with Crippen LogP contribution in [0.2, 0.25) is 0 Å². The summed E-state index contributed by atoms with van der Waals surface area (Å²) in [4.78, 5) is 28.0. The van der Waals surface area contributed by atoms with E-state index in [1.165, 1.54) is 11.0 Å². The Morgan fingerprint density at radius 1 is 1.04 bits per heavy atom. The third kappa shape index (κ3) is 4.36. The van der Waals surface area contributed by atoms with Gasteiger partial charge in [-0.2, -0.15) is 0 Å². The number of carbonyl (C=O) groups excluding carboxylic acids is 2. The summed E-state index contributed by atoms with van der Waals surface area (Å²) in [6.07, 6.45) is 0. The van der Waals surface area contributed by atoms with Crippen LogP contribution in [0.5, 0.6) is 5.75 Å². The smallest absolute Gasteiger partial charge is 0.312 e. The maximum absolute atomic E-state index is 13.9. The van der Waals surface area contributed by atoms with Crippen molar-refractivity contribution in [1.29, 1.82) is 0 Å². The zero-order chi connectivity index (χ0) is 19.2. The summed E-state index contributed by atoms with van der Waals surface area (Å²) in [7, 11) is 1.56. The number of amides is 2. The van der Waals surface area contributed by atoms with Crippen molar-refractivity contribution in [1.82, 2.24) is 10.2 Å². The van der Waals surface area contributed by atoms with E-state index in [1.807, 2.05) is 23.1 Å². The molecule has 7 heteroatoms. The highest BCUT2D eigenvalue weighted by molar-refractivity contribution is 6.35. The third-order valence-corrected chi connectivity index (χ3v) is 4.59. The number of rotatable bonds is 4. The molecule has 0 saturated carbocycles. The molecule has 1 aliphatic heterocycles. The highest BCUT2D eigenvalue weighted by atomic mass is 19.1. The third-order valence-electron chi connectivity index (χ3n) is 4.59. The average Bonchev–Trinajstić information content (AvgIpc) is 2.72.